The molecule has 2 aromatic carbocycles. The Morgan fingerprint density at radius 3 is 2.42 bits per heavy atom. The third-order valence-electron chi connectivity index (χ3n) is 4.39. The minimum absolute atomic E-state index is 0.225. The zero-order chi connectivity index (χ0) is 18.7. The van der Waals surface area contributed by atoms with Gasteiger partial charge in [0.05, 0.1) is 5.69 Å². The number of hydrogen-bond acceptors (Lipinski definition) is 1. The van der Waals surface area contributed by atoms with Crippen LogP contribution in [0, 0.1) is 20.8 Å². The van der Waals surface area contributed by atoms with Crippen LogP contribution in [0.2, 0.25) is 0 Å². The quantitative estimate of drug-likeness (QED) is 0.585. The molecule has 0 atom stereocenters. The minimum atomic E-state index is -0.225. The van der Waals surface area contributed by atoms with Crippen molar-refractivity contribution in [1.29, 1.82) is 0 Å². The topological polar surface area (TPSA) is 46.1 Å². The van der Waals surface area contributed by atoms with Crippen LogP contribution in [0.5, 0.6) is 0 Å². The number of urea groups is 1. The SMILES string of the molecule is Cc1ccc(-n2c(C)cc(CNC(=O)Nc3ccccc3Br)c2C)cc1. The van der Waals surface area contributed by atoms with E-state index in [-0.39, 0.29) is 6.03 Å². The van der Waals surface area contributed by atoms with Crippen LogP contribution in [0.4, 0.5) is 10.5 Å². The molecule has 0 aliphatic rings. The minimum Gasteiger partial charge on any atom is -0.334 e. The smallest absolute Gasteiger partial charge is 0.319 e. The van der Waals surface area contributed by atoms with Crippen molar-refractivity contribution in [2.45, 2.75) is 27.3 Å². The molecule has 2 N–H and O–H groups in total. The van der Waals surface area contributed by atoms with Crippen molar-refractivity contribution in [3.05, 3.63) is 81.6 Å². The summed E-state index contributed by atoms with van der Waals surface area (Å²) < 4.78 is 3.06. The summed E-state index contributed by atoms with van der Waals surface area (Å²) in [6.45, 7) is 6.72. The third kappa shape index (κ3) is 3.99. The standard InChI is InChI=1S/C21H22BrN3O/c1-14-8-10-18(11-9-14)25-15(2)12-17(16(25)3)13-23-21(26)24-20-7-5-4-6-19(20)22/h4-12H,13H2,1-3H3,(H2,23,24,26). The number of nitrogens with one attached hydrogen (secondary N) is 2. The van der Waals surface area contributed by atoms with Crippen LogP contribution < -0.4 is 10.6 Å². The number of aryl methyl sites for hydroxylation is 2. The van der Waals surface area contributed by atoms with E-state index in [1.54, 1.807) is 0 Å². The first-order valence-corrected chi connectivity index (χ1v) is 9.29. The Kier molecular flexibility index (Phi) is 5.47. The molecule has 4 nitrogen and oxygen atoms in total. The Labute approximate surface area is 162 Å². The van der Waals surface area contributed by atoms with Crippen LogP contribution in [-0.4, -0.2) is 10.6 Å². The van der Waals surface area contributed by atoms with Gasteiger partial charge < -0.3 is 15.2 Å². The molecule has 0 unspecified atom stereocenters. The zero-order valence-electron chi connectivity index (χ0n) is 15.1. The van der Waals surface area contributed by atoms with Gasteiger partial charge in [-0.05, 0) is 72.6 Å². The van der Waals surface area contributed by atoms with Gasteiger partial charge in [0.2, 0.25) is 0 Å². The van der Waals surface area contributed by atoms with Gasteiger partial charge in [-0.3, -0.25) is 0 Å². The molecule has 3 aromatic rings. The number of amides is 2. The summed E-state index contributed by atoms with van der Waals surface area (Å²) in [4.78, 5) is 12.2. The second-order valence-corrected chi connectivity index (χ2v) is 7.21. The van der Waals surface area contributed by atoms with Crippen LogP contribution in [0.25, 0.3) is 5.69 Å². The Morgan fingerprint density at radius 1 is 1.04 bits per heavy atom. The predicted octanol–water partition coefficient (Wildman–Crippen LogP) is 5.49. The van der Waals surface area contributed by atoms with E-state index in [2.05, 4.69) is 82.2 Å². The average Bonchev–Trinajstić information content (AvgIpc) is 2.90. The highest BCUT2D eigenvalue weighted by Gasteiger charge is 2.12. The van der Waals surface area contributed by atoms with E-state index in [1.165, 1.54) is 5.56 Å². The Balaban J connectivity index is 1.71. The molecule has 5 heteroatoms. The van der Waals surface area contributed by atoms with Gasteiger partial charge in [0, 0.05) is 28.1 Å². The normalized spacial score (nSPS) is 10.6. The van der Waals surface area contributed by atoms with Crippen molar-refractivity contribution in [3.63, 3.8) is 0 Å². The summed E-state index contributed by atoms with van der Waals surface area (Å²) in [5.41, 5.74) is 6.50. The van der Waals surface area contributed by atoms with Crippen LogP contribution in [0.1, 0.15) is 22.5 Å². The van der Waals surface area contributed by atoms with Crippen molar-refractivity contribution < 1.29 is 4.79 Å². The first-order valence-electron chi connectivity index (χ1n) is 8.50. The summed E-state index contributed by atoms with van der Waals surface area (Å²) in [6.07, 6.45) is 0. The number of hydrogen-bond donors (Lipinski definition) is 2. The number of benzene rings is 2. The van der Waals surface area contributed by atoms with Crippen molar-refractivity contribution in [3.8, 4) is 5.69 Å². The van der Waals surface area contributed by atoms with Gasteiger partial charge in [-0.25, -0.2) is 4.79 Å². The number of carbonyl (C=O) groups is 1. The molecule has 1 aromatic heterocycles. The summed E-state index contributed by atoms with van der Waals surface area (Å²) in [5, 5.41) is 5.79. The highest BCUT2D eigenvalue weighted by molar-refractivity contribution is 9.10. The van der Waals surface area contributed by atoms with Gasteiger partial charge in [0.1, 0.15) is 0 Å². The number of aromatic nitrogens is 1. The molecule has 0 radical (unpaired) electrons. The van der Waals surface area contributed by atoms with Crippen molar-refractivity contribution in [2.75, 3.05) is 5.32 Å². The van der Waals surface area contributed by atoms with Crippen LogP contribution >= 0.6 is 15.9 Å². The maximum absolute atomic E-state index is 12.2. The predicted molar refractivity (Wildman–Crippen MR) is 110 cm³/mol. The van der Waals surface area contributed by atoms with E-state index in [0.717, 1.165) is 32.8 Å². The summed E-state index contributed by atoms with van der Waals surface area (Å²) in [7, 11) is 0. The molecule has 0 aliphatic heterocycles. The van der Waals surface area contributed by atoms with E-state index >= 15 is 0 Å². The summed E-state index contributed by atoms with van der Waals surface area (Å²) in [6, 6.07) is 17.9. The largest absolute Gasteiger partial charge is 0.334 e. The van der Waals surface area contributed by atoms with Gasteiger partial charge in [-0.15, -0.1) is 0 Å². The fourth-order valence-corrected chi connectivity index (χ4v) is 3.39. The van der Waals surface area contributed by atoms with Gasteiger partial charge >= 0.3 is 6.03 Å². The fraction of sp³-hybridized carbons (Fsp3) is 0.190. The van der Waals surface area contributed by atoms with Crippen LogP contribution in [0.15, 0.2) is 59.1 Å². The number of rotatable bonds is 4. The monoisotopic (exact) mass is 411 g/mol. The lowest BCUT2D eigenvalue weighted by Crippen LogP contribution is -2.28. The van der Waals surface area contributed by atoms with Crippen molar-refractivity contribution in [2.24, 2.45) is 0 Å². The maximum Gasteiger partial charge on any atom is 0.319 e. The molecule has 0 aliphatic carbocycles. The molecule has 0 bridgehead atoms. The first kappa shape index (κ1) is 18.3. The number of carbonyl (C=O) groups excluding carboxylic acids is 1. The van der Waals surface area contributed by atoms with Gasteiger partial charge in [0.15, 0.2) is 0 Å². The second kappa shape index (κ2) is 7.79. The van der Waals surface area contributed by atoms with Gasteiger partial charge in [-0.2, -0.15) is 0 Å². The molecular weight excluding hydrogens is 390 g/mol. The van der Waals surface area contributed by atoms with Gasteiger partial charge in [-0.1, -0.05) is 29.8 Å². The van der Waals surface area contributed by atoms with Crippen LogP contribution in [-0.2, 0) is 6.54 Å². The summed E-state index contributed by atoms with van der Waals surface area (Å²) >= 11 is 3.43. The Hall–Kier alpha value is -2.53. The lowest BCUT2D eigenvalue weighted by atomic mass is 10.2. The maximum atomic E-state index is 12.2. The molecule has 134 valence electrons. The molecule has 0 spiro atoms. The van der Waals surface area contributed by atoms with E-state index < -0.39 is 0 Å². The molecule has 0 fully saturated rings. The third-order valence-corrected chi connectivity index (χ3v) is 5.08. The molecule has 0 saturated heterocycles. The van der Waals surface area contributed by atoms with E-state index in [0.29, 0.717) is 6.54 Å². The van der Waals surface area contributed by atoms with Crippen LogP contribution in [0.3, 0.4) is 0 Å². The number of para-hydroxylation sites is 1. The van der Waals surface area contributed by atoms with Gasteiger partial charge in [0.25, 0.3) is 0 Å². The zero-order valence-corrected chi connectivity index (χ0v) is 16.7. The number of nitrogens with zero attached hydrogens (tertiary/aromatic N) is 1. The van der Waals surface area contributed by atoms with Crippen molar-refractivity contribution >= 4 is 27.6 Å². The lowest BCUT2D eigenvalue weighted by molar-refractivity contribution is 0.251. The van der Waals surface area contributed by atoms with E-state index in [4.69, 9.17) is 0 Å². The Bertz CT molecular complexity index is 929. The lowest BCUT2D eigenvalue weighted by Gasteiger charge is -2.11. The summed E-state index contributed by atoms with van der Waals surface area (Å²) in [5.74, 6) is 0. The molecule has 2 amide bonds. The van der Waals surface area contributed by atoms with E-state index in [1.807, 2.05) is 24.3 Å². The molecule has 26 heavy (non-hydrogen) atoms. The molecule has 0 saturated carbocycles. The molecular formula is C21H22BrN3O. The fourth-order valence-electron chi connectivity index (χ4n) is 3.00. The Morgan fingerprint density at radius 2 is 1.73 bits per heavy atom. The second-order valence-electron chi connectivity index (χ2n) is 6.35. The van der Waals surface area contributed by atoms with Crippen molar-refractivity contribution in [1.82, 2.24) is 9.88 Å². The first-order chi connectivity index (χ1) is 12.5. The average molecular weight is 412 g/mol. The highest BCUT2D eigenvalue weighted by atomic mass is 79.9. The van der Waals surface area contributed by atoms with E-state index in [9.17, 15) is 4.79 Å². The molecule has 1 heterocycles. The molecule has 3 rings (SSSR count). The number of anilines is 1. The number of halogens is 1. The highest BCUT2D eigenvalue weighted by Crippen LogP contribution is 2.22.